The quantitative estimate of drug-likeness (QED) is 0.484. The molecule has 0 nitrogen and oxygen atoms in total. The standard InChI is InChI=1S/C7H16.C5H10S/c1-4-5-6-7(2)3;1-5(2)3-4-6/h7H,4-6H2,1-3H3;6H,1,3-4H2,2H3. The number of hydrogen-bond donors (Lipinski definition) is 1. The van der Waals surface area contributed by atoms with Crippen LogP contribution in [0.1, 0.15) is 53.4 Å². The lowest BCUT2D eigenvalue weighted by Crippen LogP contribution is -1.83. The van der Waals surface area contributed by atoms with Crippen LogP contribution in [0.5, 0.6) is 0 Å². The number of thiol groups is 1. The van der Waals surface area contributed by atoms with Gasteiger partial charge in [-0.2, -0.15) is 12.6 Å². The maximum atomic E-state index is 4.00. The predicted molar refractivity (Wildman–Crippen MR) is 67.6 cm³/mol. The summed E-state index contributed by atoms with van der Waals surface area (Å²) in [5, 5.41) is 0. The first-order chi connectivity index (χ1) is 6.04. The molecule has 0 heterocycles. The molecule has 0 aromatic carbocycles. The molecule has 80 valence electrons. The van der Waals surface area contributed by atoms with Gasteiger partial charge in [-0.05, 0) is 25.0 Å². The second-order valence-corrected chi connectivity index (χ2v) is 4.41. The lowest BCUT2D eigenvalue weighted by Gasteiger charge is -1.98. The summed E-state index contributed by atoms with van der Waals surface area (Å²) >= 11 is 4.00. The van der Waals surface area contributed by atoms with E-state index < -0.39 is 0 Å². The summed E-state index contributed by atoms with van der Waals surface area (Å²) in [4.78, 5) is 0. The average molecular weight is 202 g/mol. The first kappa shape index (κ1) is 15.6. The van der Waals surface area contributed by atoms with Crippen molar-refractivity contribution in [1.82, 2.24) is 0 Å². The number of rotatable bonds is 5. The van der Waals surface area contributed by atoms with Gasteiger partial charge in [0.05, 0.1) is 0 Å². The summed E-state index contributed by atoms with van der Waals surface area (Å²) < 4.78 is 0. The van der Waals surface area contributed by atoms with Crippen LogP contribution in [0, 0.1) is 5.92 Å². The van der Waals surface area contributed by atoms with E-state index in [-0.39, 0.29) is 0 Å². The summed E-state index contributed by atoms with van der Waals surface area (Å²) in [6, 6.07) is 0. The SMILES string of the molecule is C=C(C)CCS.CCCCC(C)C. The van der Waals surface area contributed by atoms with E-state index in [9.17, 15) is 0 Å². The number of hydrogen-bond acceptors (Lipinski definition) is 1. The molecule has 0 aliphatic heterocycles. The van der Waals surface area contributed by atoms with Gasteiger partial charge in [0, 0.05) is 0 Å². The molecule has 0 spiro atoms. The molecule has 0 fully saturated rings. The topological polar surface area (TPSA) is 0 Å². The maximum Gasteiger partial charge on any atom is -0.00608 e. The highest BCUT2D eigenvalue weighted by atomic mass is 32.1. The number of unbranched alkanes of at least 4 members (excludes halogenated alkanes) is 1. The van der Waals surface area contributed by atoms with Crippen molar-refractivity contribution in [3.8, 4) is 0 Å². The first-order valence-electron chi connectivity index (χ1n) is 5.29. The Hall–Kier alpha value is 0.0900. The minimum Gasteiger partial charge on any atom is -0.179 e. The highest BCUT2D eigenvalue weighted by molar-refractivity contribution is 7.80. The third-order valence-corrected chi connectivity index (χ3v) is 1.90. The fraction of sp³-hybridized carbons (Fsp3) is 0.833. The van der Waals surface area contributed by atoms with Crippen molar-refractivity contribution in [3.05, 3.63) is 12.2 Å². The fourth-order valence-corrected chi connectivity index (χ4v) is 1.18. The Kier molecular flexibility index (Phi) is 14.5. The molecule has 0 atom stereocenters. The Morgan fingerprint density at radius 1 is 1.38 bits per heavy atom. The van der Waals surface area contributed by atoms with Crippen LogP contribution in [0.2, 0.25) is 0 Å². The van der Waals surface area contributed by atoms with Crippen LogP contribution < -0.4 is 0 Å². The van der Waals surface area contributed by atoms with Gasteiger partial charge in [0.1, 0.15) is 0 Å². The molecule has 0 N–H and O–H groups in total. The molecule has 0 bridgehead atoms. The van der Waals surface area contributed by atoms with Gasteiger partial charge in [-0.3, -0.25) is 0 Å². The Morgan fingerprint density at radius 3 is 2.00 bits per heavy atom. The van der Waals surface area contributed by atoms with Crippen LogP contribution in [-0.4, -0.2) is 5.75 Å². The zero-order valence-corrected chi connectivity index (χ0v) is 10.7. The van der Waals surface area contributed by atoms with Crippen molar-refractivity contribution in [2.45, 2.75) is 53.4 Å². The smallest absolute Gasteiger partial charge is 0.00608 e. The molecular weight excluding hydrogens is 176 g/mol. The second kappa shape index (κ2) is 12.1. The first-order valence-corrected chi connectivity index (χ1v) is 5.93. The molecule has 0 radical (unpaired) electrons. The van der Waals surface area contributed by atoms with Gasteiger partial charge >= 0.3 is 0 Å². The Morgan fingerprint density at radius 2 is 1.92 bits per heavy atom. The van der Waals surface area contributed by atoms with Gasteiger partial charge in [-0.15, -0.1) is 6.58 Å². The predicted octanol–water partition coefficient (Wildman–Crippen LogP) is 4.72. The number of allylic oxidation sites excluding steroid dienone is 1. The molecule has 0 aromatic heterocycles. The third-order valence-electron chi connectivity index (χ3n) is 1.67. The minimum atomic E-state index is 0.903. The van der Waals surface area contributed by atoms with Crippen molar-refractivity contribution in [2.24, 2.45) is 5.92 Å². The van der Waals surface area contributed by atoms with Crippen LogP contribution in [0.3, 0.4) is 0 Å². The van der Waals surface area contributed by atoms with E-state index in [1.165, 1.54) is 24.8 Å². The lowest BCUT2D eigenvalue weighted by atomic mass is 10.1. The van der Waals surface area contributed by atoms with Crippen molar-refractivity contribution in [2.75, 3.05) is 5.75 Å². The molecule has 0 unspecified atom stereocenters. The summed E-state index contributed by atoms with van der Waals surface area (Å²) in [6.07, 6.45) is 5.19. The Labute approximate surface area is 90.2 Å². The minimum absolute atomic E-state index is 0.903. The van der Waals surface area contributed by atoms with Crippen molar-refractivity contribution >= 4 is 12.6 Å². The molecule has 0 aliphatic carbocycles. The molecule has 0 aromatic rings. The van der Waals surface area contributed by atoms with Gasteiger partial charge < -0.3 is 0 Å². The van der Waals surface area contributed by atoms with E-state index >= 15 is 0 Å². The van der Waals surface area contributed by atoms with Gasteiger partial charge in [0.25, 0.3) is 0 Å². The van der Waals surface area contributed by atoms with Crippen molar-refractivity contribution in [1.29, 1.82) is 0 Å². The lowest BCUT2D eigenvalue weighted by molar-refractivity contribution is 0.550. The van der Waals surface area contributed by atoms with E-state index in [1.54, 1.807) is 0 Å². The van der Waals surface area contributed by atoms with Gasteiger partial charge in [-0.25, -0.2) is 0 Å². The Balaban J connectivity index is 0. The van der Waals surface area contributed by atoms with Gasteiger partial charge in [0.15, 0.2) is 0 Å². The van der Waals surface area contributed by atoms with Gasteiger partial charge in [0.2, 0.25) is 0 Å². The van der Waals surface area contributed by atoms with E-state index in [4.69, 9.17) is 0 Å². The van der Waals surface area contributed by atoms with Crippen molar-refractivity contribution < 1.29 is 0 Å². The molecule has 0 saturated heterocycles. The maximum absolute atomic E-state index is 4.00. The molecular formula is C12H26S. The molecule has 1 heteroatoms. The van der Waals surface area contributed by atoms with Gasteiger partial charge in [-0.1, -0.05) is 45.6 Å². The summed E-state index contributed by atoms with van der Waals surface area (Å²) in [7, 11) is 0. The largest absolute Gasteiger partial charge is 0.179 e. The zero-order chi connectivity index (χ0) is 10.7. The van der Waals surface area contributed by atoms with Crippen LogP contribution in [0.15, 0.2) is 12.2 Å². The van der Waals surface area contributed by atoms with E-state index in [0.29, 0.717) is 0 Å². The summed E-state index contributed by atoms with van der Waals surface area (Å²) in [6.45, 7) is 12.5. The molecule has 0 saturated carbocycles. The Bertz CT molecular complexity index is 106. The highest BCUT2D eigenvalue weighted by Crippen LogP contribution is 2.04. The highest BCUT2D eigenvalue weighted by Gasteiger charge is 1.88. The van der Waals surface area contributed by atoms with Crippen LogP contribution in [0.4, 0.5) is 0 Å². The summed E-state index contributed by atoms with van der Waals surface area (Å²) in [5.41, 5.74) is 1.21. The molecule has 0 amide bonds. The van der Waals surface area contributed by atoms with Crippen molar-refractivity contribution in [3.63, 3.8) is 0 Å². The van der Waals surface area contributed by atoms with E-state index in [0.717, 1.165) is 18.1 Å². The average Bonchev–Trinajstić information content (AvgIpc) is 2.01. The monoisotopic (exact) mass is 202 g/mol. The zero-order valence-electron chi connectivity index (χ0n) is 9.77. The second-order valence-electron chi connectivity index (χ2n) is 3.97. The summed E-state index contributed by atoms with van der Waals surface area (Å²) in [5.74, 6) is 1.83. The molecule has 0 aliphatic rings. The van der Waals surface area contributed by atoms with Crippen LogP contribution in [0.25, 0.3) is 0 Å². The van der Waals surface area contributed by atoms with E-state index in [1.807, 2.05) is 6.92 Å². The molecule has 13 heavy (non-hydrogen) atoms. The molecule has 0 rings (SSSR count). The van der Waals surface area contributed by atoms with Crippen LogP contribution >= 0.6 is 12.6 Å². The fourth-order valence-electron chi connectivity index (χ4n) is 0.803. The van der Waals surface area contributed by atoms with Crippen LogP contribution in [-0.2, 0) is 0 Å². The van der Waals surface area contributed by atoms with E-state index in [2.05, 4.69) is 40.0 Å². The third kappa shape index (κ3) is 24.5. The normalized spacial score (nSPS) is 9.38.